The Kier molecular flexibility index (Phi) is 4.33. The van der Waals surface area contributed by atoms with Crippen molar-refractivity contribution in [2.75, 3.05) is 11.9 Å². The molecule has 0 atom stereocenters. The zero-order valence-corrected chi connectivity index (χ0v) is 12.1. The van der Waals surface area contributed by atoms with Gasteiger partial charge in [0, 0.05) is 6.54 Å². The molecule has 108 valence electrons. The molecular formula is C15H15FN4O. The van der Waals surface area contributed by atoms with Crippen molar-refractivity contribution < 1.29 is 9.13 Å². The van der Waals surface area contributed by atoms with E-state index >= 15 is 0 Å². The molecule has 1 aromatic carbocycles. The molecule has 6 heteroatoms. The molecule has 0 aliphatic heterocycles. The number of aromatic nitrogens is 2. The van der Waals surface area contributed by atoms with Crippen molar-refractivity contribution >= 4 is 5.82 Å². The van der Waals surface area contributed by atoms with E-state index in [-0.39, 0.29) is 11.3 Å². The molecule has 1 heterocycles. The first-order chi connectivity index (χ1) is 10.1. The highest BCUT2D eigenvalue weighted by atomic mass is 19.1. The highest BCUT2D eigenvalue weighted by Crippen LogP contribution is 2.30. The van der Waals surface area contributed by atoms with Crippen LogP contribution in [-0.2, 0) is 0 Å². The quantitative estimate of drug-likeness (QED) is 0.933. The summed E-state index contributed by atoms with van der Waals surface area (Å²) in [5.41, 5.74) is 0.564. The molecule has 5 nitrogen and oxygen atoms in total. The van der Waals surface area contributed by atoms with E-state index in [0.717, 1.165) is 0 Å². The monoisotopic (exact) mass is 286 g/mol. The summed E-state index contributed by atoms with van der Waals surface area (Å²) in [6.07, 6.45) is 0. The lowest BCUT2D eigenvalue weighted by Gasteiger charge is -2.13. The Bertz CT molecular complexity index is 710. The number of aryl methyl sites for hydroxylation is 1. The van der Waals surface area contributed by atoms with Crippen molar-refractivity contribution in [3.8, 4) is 17.7 Å². The number of benzene rings is 1. The maximum Gasteiger partial charge on any atom is 0.227 e. The molecule has 0 amide bonds. The highest BCUT2D eigenvalue weighted by Gasteiger charge is 2.14. The van der Waals surface area contributed by atoms with Gasteiger partial charge in [0.25, 0.3) is 0 Å². The van der Waals surface area contributed by atoms with Crippen molar-refractivity contribution in [3.05, 3.63) is 41.0 Å². The van der Waals surface area contributed by atoms with Gasteiger partial charge in [-0.05, 0) is 32.9 Å². The van der Waals surface area contributed by atoms with Crippen LogP contribution in [0.15, 0.2) is 18.2 Å². The van der Waals surface area contributed by atoms with Gasteiger partial charge in [-0.2, -0.15) is 10.2 Å². The van der Waals surface area contributed by atoms with Crippen LogP contribution in [0, 0.1) is 31.0 Å². The Hall–Kier alpha value is -2.68. The molecule has 0 fully saturated rings. The molecule has 0 aliphatic carbocycles. The maximum atomic E-state index is 13.6. The number of halogens is 1. The maximum absolute atomic E-state index is 13.6. The van der Waals surface area contributed by atoms with Crippen molar-refractivity contribution in [1.82, 2.24) is 9.97 Å². The number of hydrogen-bond donors (Lipinski definition) is 1. The van der Waals surface area contributed by atoms with Crippen LogP contribution in [0.2, 0.25) is 0 Å². The van der Waals surface area contributed by atoms with E-state index in [1.807, 2.05) is 6.92 Å². The average molecular weight is 286 g/mol. The van der Waals surface area contributed by atoms with Crippen molar-refractivity contribution in [1.29, 1.82) is 5.26 Å². The summed E-state index contributed by atoms with van der Waals surface area (Å²) in [5.74, 6) is 1.02. The molecule has 0 aliphatic rings. The second-order valence-electron chi connectivity index (χ2n) is 4.41. The topological polar surface area (TPSA) is 70.8 Å². The molecule has 0 saturated carbocycles. The minimum Gasteiger partial charge on any atom is -0.437 e. The van der Waals surface area contributed by atoms with Gasteiger partial charge in [-0.25, -0.2) is 9.37 Å². The third kappa shape index (κ3) is 3.08. The second kappa shape index (κ2) is 6.18. The molecule has 0 bridgehead atoms. The lowest BCUT2D eigenvalue weighted by atomic mass is 10.2. The van der Waals surface area contributed by atoms with Crippen LogP contribution in [0.5, 0.6) is 11.6 Å². The average Bonchev–Trinajstić information content (AvgIpc) is 2.44. The predicted molar refractivity (Wildman–Crippen MR) is 76.9 cm³/mol. The normalized spacial score (nSPS) is 10.0. The van der Waals surface area contributed by atoms with Crippen LogP contribution in [0.3, 0.4) is 0 Å². The van der Waals surface area contributed by atoms with Crippen LogP contribution < -0.4 is 10.1 Å². The van der Waals surface area contributed by atoms with Crippen LogP contribution >= 0.6 is 0 Å². The van der Waals surface area contributed by atoms with Gasteiger partial charge in [0.2, 0.25) is 5.88 Å². The SMILES string of the molecule is CCNc1nc(C)nc(Oc2cccc(F)c2C#N)c1C. The minimum atomic E-state index is -0.620. The number of hydrogen-bond acceptors (Lipinski definition) is 5. The van der Waals surface area contributed by atoms with Gasteiger partial charge >= 0.3 is 0 Å². The summed E-state index contributed by atoms with van der Waals surface area (Å²) in [7, 11) is 0. The Morgan fingerprint density at radius 1 is 1.33 bits per heavy atom. The predicted octanol–water partition coefficient (Wildman–Crippen LogP) is 3.33. The van der Waals surface area contributed by atoms with Crippen LogP contribution in [0.4, 0.5) is 10.2 Å². The third-order valence-corrected chi connectivity index (χ3v) is 2.85. The first-order valence-electron chi connectivity index (χ1n) is 6.52. The summed E-state index contributed by atoms with van der Waals surface area (Å²) in [6, 6.07) is 6.03. The fourth-order valence-electron chi connectivity index (χ4n) is 1.84. The molecule has 0 radical (unpaired) electrons. The van der Waals surface area contributed by atoms with Crippen molar-refractivity contribution in [3.63, 3.8) is 0 Å². The smallest absolute Gasteiger partial charge is 0.227 e. The Morgan fingerprint density at radius 3 is 2.76 bits per heavy atom. The highest BCUT2D eigenvalue weighted by molar-refractivity contribution is 5.51. The van der Waals surface area contributed by atoms with E-state index in [0.29, 0.717) is 29.6 Å². The second-order valence-corrected chi connectivity index (χ2v) is 4.41. The lowest BCUT2D eigenvalue weighted by molar-refractivity contribution is 0.449. The minimum absolute atomic E-state index is 0.140. The molecule has 0 unspecified atom stereocenters. The van der Waals surface area contributed by atoms with E-state index in [1.165, 1.54) is 18.2 Å². The number of nitriles is 1. The Morgan fingerprint density at radius 2 is 2.10 bits per heavy atom. The summed E-state index contributed by atoms with van der Waals surface area (Å²) in [4.78, 5) is 8.49. The van der Waals surface area contributed by atoms with Gasteiger partial charge < -0.3 is 10.1 Å². The van der Waals surface area contributed by atoms with Gasteiger partial charge in [0.05, 0.1) is 5.56 Å². The standard InChI is InChI=1S/C15H15FN4O/c1-4-18-14-9(2)15(20-10(3)19-14)21-13-7-5-6-12(16)11(13)8-17/h5-7H,4H2,1-3H3,(H,18,19,20). The molecule has 1 N–H and O–H groups in total. The first kappa shape index (κ1) is 14.7. The van der Waals surface area contributed by atoms with E-state index in [4.69, 9.17) is 10.00 Å². The molecular weight excluding hydrogens is 271 g/mol. The summed E-state index contributed by atoms with van der Waals surface area (Å²) < 4.78 is 19.2. The Balaban J connectivity index is 2.45. The molecule has 2 rings (SSSR count). The number of nitrogens with zero attached hydrogens (tertiary/aromatic N) is 3. The Labute approximate surface area is 122 Å². The number of rotatable bonds is 4. The van der Waals surface area contributed by atoms with Crippen LogP contribution in [0.1, 0.15) is 23.9 Å². The van der Waals surface area contributed by atoms with E-state index in [2.05, 4.69) is 15.3 Å². The van der Waals surface area contributed by atoms with Gasteiger partial charge in [-0.3, -0.25) is 0 Å². The van der Waals surface area contributed by atoms with E-state index < -0.39 is 5.82 Å². The first-order valence-corrected chi connectivity index (χ1v) is 6.52. The number of anilines is 1. The van der Waals surface area contributed by atoms with Gasteiger partial charge in [0.15, 0.2) is 0 Å². The van der Waals surface area contributed by atoms with Gasteiger partial charge in [0.1, 0.15) is 34.8 Å². The summed E-state index contributed by atoms with van der Waals surface area (Å²) in [5, 5.41) is 12.1. The molecule has 1 aromatic heterocycles. The fraction of sp³-hybridized carbons (Fsp3) is 0.267. The molecule has 21 heavy (non-hydrogen) atoms. The fourth-order valence-corrected chi connectivity index (χ4v) is 1.84. The number of ether oxygens (including phenoxy) is 1. The lowest BCUT2D eigenvalue weighted by Crippen LogP contribution is -2.06. The van der Waals surface area contributed by atoms with Crippen molar-refractivity contribution in [2.24, 2.45) is 0 Å². The molecule has 0 spiro atoms. The van der Waals surface area contributed by atoms with Gasteiger partial charge in [-0.1, -0.05) is 6.07 Å². The van der Waals surface area contributed by atoms with Gasteiger partial charge in [-0.15, -0.1) is 0 Å². The third-order valence-electron chi connectivity index (χ3n) is 2.85. The molecule has 2 aromatic rings. The van der Waals surface area contributed by atoms with Crippen LogP contribution in [-0.4, -0.2) is 16.5 Å². The van der Waals surface area contributed by atoms with Crippen LogP contribution in [0.25, 0.3) is 0 Å². The largest absolute Gasteiger partial charge is 0.437 e. The summed E-state index contributed by atoms with van der Waals surface area (Å²) in [6.45, 7) is 6.21. The van der Waals surface area contributed by atoms with E-state index in [9.17, 15) is 4.39 Å². The summed E-state index contributed by atoms with van der Waals surface area (Å²) >= 11 is 0. The number of nitrogens with one attached hydrogen (secondary N) is 1. The zero-order chi connectivity index (χ0) is 15.4. The molecule has 0 saturated heterocycles. The van der Waals surface area contributed by atoms with Crippen molar-refractivity contribution in [2.45, 2.75) is 20.8 Å². The van der Waals surface area contributed by atoms with E-state index in [1.54, 1.807) is 19.9 Å². The zero-order valence-electron chi connectivity index (χ0n) is 12.1.